The molecule has 4 heteroatoms. The molecule has 1 aliphatic carbocycles. The monoisotopic (exact) mass is 241 g/mol. The summed E-state index contributed by atoms with van der Waals surface area (Å²) in [5.74, 6) is -0.248. The van der Waals surface area contributed by atoms with Crippen LogP contribution in [-0.2, 0) is 14.3 Å². The normalized spacial score (nSPS) is 26.4. The zero-order valence-electron chi connectivity index (χ0n) is 11.0. The molecule has 0 amide bonds. The third-order valence-corrected chi connectivity index (χ3v) is 3.74. The summed E-state index contributed by atoms with van der Waals surface area (Å²) < 4.78 is 10.7. The molecule has 1 saturated heterocycles. The van der Waals surface area contributed by atoms with Gasteiger partial charge in [0.25, 0.3) is 0 Å². The smallest absolute Gasteiger partial charge is 0.326 e. The van der Waals surface area contributed by atoms with Gasteiger partial charge in [-0.1, -0.05) is 0 Å². The Morgan fingerprint density at radius 1 is 1.24 bits per heavy atom. The molecule has 0 radical (unpaired) electrons. The minimum atomic E-state index is -0.759. The maximum Gasteiger partial charge on any atom is 0.326 e. The largest absolute Gasteiger partial charge is 0.459 e. The molecule has 2 N–H and O–H groups in total. The lowest BCUT2D eigenvalue weighted by molar-refractivity contribution is -0.176. The van der Waals surface area contributed by atoms with Gasteiger partial charge in [0.1, 0.15) is 11.1 Å². The van der Waals surface area contributed by atoms with Crippen molar-refractivity contribution in [2.24, 2.45) is 11.1 Å². The Bertz CT molecular complexity index is 305. The van der Waals surface area contributed by atoms with Gasteiger partial charge in [0, 0.05) is 13.2 Å². The van der Waals surface area contributed by atoms with Gasteiger partial charge in [-0.25, -0.2) is 0 Å². The lowest BCUT2D eigenvalue weighted by Crippen LogP contribution is -2.65. The predicted octanol–water partition coefficient (Wildman–Crippen LogP) is 1.62. The van der Waals surface area contributed by atoms with Crippen molar-refractivity contribution < 1.29 is 14.3 Å². The average Bonchev–Trinajstić information content (AvgIpc) is 2.14. The molecule has 2 fully saturated rings. The van der Waals surface area contributed by atoms with Crippen LogP contribution in [0.1, 0.15) is 46.5 Å². The fourth-order valence-corrected chi connectivity index (χ4v) is 2.97. The van der Waals surface area contributed by atoms with Crippen LogP contribution in [-0.4, -0.2) is 30.3 Å². The maximum absolute atomic E-state index is 12.0. The number of rotatable bonds is 1. The molecular weight excluding hydrogens is 218 g/mol. The van der Waals surface area contributed by atoms with Gasteiger partial charge < -0.3 is 15.2 Å². The Morgan fingerprint density at radius 3 is 2.24 bits per heavy atom. The van der Waals surface area contributed by atoms with Gasteiger partial charge >= 0.3 is 5.97 Å². The van der Waals surface area contributed by atoms with E-state index in [0.717, 1.165) is 38.9 Å². The quantitative estimate of drug-likeness (QED) is 0.709. The average molecular weight is 241 g/mol. The number of ether oxygens (including phenoxy) is 2. The lowest BCUT2D eigenvalue weighted by atomic mass is 9.54. The topological polar surface area (TPSA) is 61.5 Å². The Hall–Kier alpha value is -0.610. The van der Waals surface area contributed by atoms with E-state index in [1.807, 2.05) is 20.8 Å². The van der Waals surface area contributed by atoms with Crippen molar-refractivity contribution in [3.8, 4) is 0 Å². The minimum absolute atomic E-state index is 0.240. The summed E-state index contributed by atoms with van der Waals surface area (Å²) >= 11 is 0. The fraction of sp³-hybridized carbons (Fsp3) is 0.923. The van der Waals surface area contributed by atoms with Crippen molar-refractivity contribution in [1.82, 2.24) is 0 Å². The van der Waals surface area contributed by atoms with Gasteiger partial charge in [-0.3, -0.25) is 4.79 Å². The Balaban J connectivity index is 1.93. The first kappa shape index (κ1) is 12.8. The van der Waals surface area contributed by atoms with Crippen LogP contribution in [0.3, 0.4) is 0 Å². The molecule has 1 spiro atoms. The van der Waals surface area contributed by atoms with Gasteiger partial charge in [0.15, 0.2) is 0 Å². The van der Waals surface area contributed by atoms with Crippen molar-refractivity contribution in [1.29, 1.82) is 0 Å². The summed E-state index contributed by atoms with van der Waals surface area (Å²) in [5, 5.41) is 0. The molecule has 0 aromatic heterocycles. The molecule has 0 atom stereocenters. The first-order valence-electron chi connectivity index (χ1n) is 6.35. The molecule has 98 valence electrons. The summed E-state index contributed by atoms with van der Waals surface area (Å²) in [7, 11) is 0. The van der Waals surface area contributed by atoms with Crippen LogP contribution in [0.2, 0.25) is 0 Å². The molecule has 1 saturated carbocycles. The summed E-state index contributed by atoms with van der Waals surface area (Å²) in [4.78, 5) is 12.0. The molecular formula is C13H23NO3. The number of nitrogens with two attached hydrogens (primary N) is 1. The van der Waals surface area contributed by atoms with Gasteiger partial charge in [0.05, 0.1) is 0 Å². The Labute approximate surface area is 103 Å². The second kappa shape index (κ2) is 3.95. The van der Waals surface area contributed by atoms with Crippen LogP contribution in [0, 0.1) is 5.41 Å². The number of carbonyl (C=O) groups excluding carboxylic acids is 1. The maximum atomic E-state index is 12.0. The van der Waals surface area contributed by atoms with Gasteiger partial charge in [-0.05, 0) is 51.9 Å². The van der Waals surface area contributed by atoms with Crippen molar-refractivity contribution >= 4 is 5.97 Å². The van der Waals surface area contributed by atoms with E-state index in [4.69, 9.17) is 15.2 Å². The molecule has 17 heavy (non-hydrogen) atoms. The number of hydrogen-bond donors (Lipinski definition) is 1. The zero-order valence-corrected chi connectivity index (χ0v) is 11.0. The van der Waals surface area contributed by atoms with Crippen LogP contribution in [0.4, 0.5) is 0 Å². The first-order valence-corrected chi connectivity index (χ1v) is 6.35. The van der Waals surface area contributed by atoms with E-state index < -0.39 is 11.1 Å². The predicted molar refractivity (Wildman–Crippen MR) is 64.5 cm³/mol. The van der Waals surface area contributed by atoms with Gasteiger partial charge in [0.2, 0.25) is 0 Å². The number of carbonyl (C=O) groups is 1. The van der Waals surface area contributed by atoms with E-state index >= 15 is 0 Å². The van der Waals surface area contributed by atoms with Crippen molar-refractivity contribution in [3.05, 3.63) is 0 Å². The van der Waals surface area contributed by atoms with Gasteiger partial charge in [-0.15, -0.1) is 0 Å². The number of hydrogen-bond acceptors (Lipinski definition) is 4. The van der Waals surface area contributed by atoms with Crippen LogP contribution < -0.4 is 5.73 Å². The van der Waals surface area contributed by atoms with Crippen LogP contribution >= 0.6 is 0 Å². The van der Waals surface area contributed by atoms with E-state index in [-0.39, 0.29) is 11.4 Å². The summed E-state index contributed by atoms with van der Waals surface area (Å²) in [6.45, 7) is 7.21. The van der Waals surface area contributed by atoms with E-state index in [2.05, 4.69) is 0 Å². The lowest BCUT2D eigenvalue weighted by Gasteiger charge is -2.54. The molecule has 2 rings (SSSR count). The van der Waals surface area contributed by atoms with Crippen molar-refractivity contribution in [2.45, 2.75) is 57.6 Å². The summed E-state index contributed by atoms with van der Waals surface area (Å²) in [6, 6.07) is 0. The molecule has 1 aliphatic heterocycles. The van der Waals surface area contributed by atoms with E-state index in [1.165, 1.54) is 0 Å². The molecule has 0 bridgehead atoms. The van der Waals surface area contributed by atoms with Crippen molar-refractivity contribution in [3.63, 3.8) is 0 Å². The second-order valence-electron chi connectivity index (χ2n) is 6.62. The highest BCUT2D eigenvalue weighted by Crippen LogP contribution is 2.53. The van der Waals surface area contributed by atoms with Crippen LogP contribution in [0.15, 0.2) is 0 Å². The fourth-order valence-electron chi connectivity index (χ4n) is 2.97. The molecule has 0 aromatic carbocycles. The third-order valence-electron chi connectivity index (χ3n) is 3.74. The SMILES string of the molecule is CC(C)(C)OC(=O)C1(N)CC2(CCOCC2)C1. The Morgan fingerprint density at radius 2 is 1.76 bits per heavy atom. The second-order valence-corrected chi connectivity index (χ2v) is 6.62. The summed E-state index contributed by atoms with van der Waals surface area (Å²) in [5.41, 5.74) is 5.17. The van der Waals surface area contributed by atoms with Crippen LogP contribution in [0.25, 0.3) is 0 Å². The minimum Gasteiger partial charge on any atom is -0.459 e. The van der Waals surface area contributed by atoms with E-state index in [1.54, 1.807) is 0 Å². The van der Waals surface area contributed by atoms with Gasteiger partial charge in [-0.2, -0.15) is 0 Å². The molecule has 1 heterocycles. The third kappa shape index (κ3) is 2.63. The van der Waals surface area contributed by atoms with Crippen LogP contribution in [0.5, 0.6) is 0 Å². The molecule has 0 aromatic rings. The molecule has 2 aliphatic rings. The Kier molecular flexibility index (Phi) is 2.99. The zero-order chi connectivity index (χ0) is 12.7. The van der Waals surface area contributed by atoms with E-state index in [9.17, 15) is 4.79 Å². The summed E-state index contributed by atoms with van der Waals surface area (Å²) in [6.07, 6.45) is 3.54. The highest BCUT2D eigenvalue weighted by Gasteiger charge is 2.57. The highest BCUT2D eigenvalue weighted by molar-refractivity contribution is 5.82. The molecule has 0 unspecified atom stereocenters. The van der Waals surface area contributed by atoms with E-state index in [0.29, 0.717) is 0 Å². The number of esters is 1. The molecule has 4 nitrogen and oxygen atoms in total. The van der Waals surface area contributed by atoms with Crippen molar-refractivity contribution in [2.75, 3.05) is 13.2 Å². The standard InChI is InChI=1S/C13H23NO3/c1-11(2,3)17-10(15)13(14)8-12(9-13)4-6-16-7-5-12/h4-9,14H2,1-3H3. The highest BCUT2D eigenvalue weighted by atomic mass is 16.6. The first-order chi connectivity index (χ1) is 7.75.